The van der Waals surface area contributed by atoms with E-state index in [1.54, 1.807) is 0 Å². The van der Waals surface area contributed by atoms with Crippen LogP contribution in [-0.2, 0) is 0 Å². The zero-order valence-corrected chi connectivity index (χ0v) is 21.0. The molecule has 0 spiro atoms. The van der Waals surface area contributed by atoms with E-state index in [0.29, 0.717) is 0 Å². The summed E-state index contributed by atoms with van der Waals surface area (Å²) < 4.78 is 12.1. The zero-order valence-electron chi connectivity index (χ0n) is 21.0. The van der Waals surface area contributed by atoms with Gasteiger partial charge in [0.2, 0.25) is 0 Å². The summed E-state index contributed by atoms with van der Waals surface area (Å²) in [6, 6.07) is 12.7. The summed E-state index contributed by atoms with van der Waals surface area (Å²) in [5.74, 6) is 1.97. The van der Waals surface area contributed by atoms with Gasteiger partial charge in [0.1, 0.15) is 11.5 Å². The molecular formula is C30H48O2. The third-order valence-electron chi connectivity index (χ3n) is 6.33. The molecule has 0 bridgehead atoms. The molecule has 0 aliphatic heterocycles. The first-order chi connectivity index (χ1) is 15.8. The lowest BCUT2D eigenvalue weighted by atomic mass is 10.1. The number of rotatable bonds is 20. The van der Waals surface area contributed by atoms with Crippen LogP contribution in [0.1, 0.15) is 117 Å². The third kappa shape index (κ3) is 11.2. The summed E-state index contributed by atoms with van der Waals surface area (Å²) in [5.41, 5.74) is 0. The molecule has 180 valence electrons. The van der Waals surface area contributed by atoms with Crippen molar-refractivity contribution in [3.8, 4) is 11.5 Å². The molecule has 2 rings (SSSR count). The molecule has 0 atom stereocenters. The van der Waals surface area contributed by atoms with Gasteiger partial charge in [0.15, 0.2) is 0 Å². The van der Waals surface area contributed by atoms with Gasteiger partial charge in [-0.05, 0) is 42.5 Å². The number of hydrogen-bond donors (Lipinski definition) is 0. The van der Waals surface area contributed by atoms with E-state index in [4.69, 9.17) is 9.47 Å². The summed E-state index contributed by atoms with van der Waals surface area (Å²) in [4.78, 5) is 0. The maximum atomic E-state index is 6.12. The molecule has 0 aliphatic rings. The van der Waals surface area contributed by atoms with Crippen LogP contribution in [-0.4, -0.2) is 13.2 Å². The summed E-state index contributed by atoms with van der Waals surface area (Å²) in [6.45, 7) is 6.17. The van der Waals surface area contributed by atoms with Crippen LogP contribution < -0.4 is 9.47 Å². The monoisotopic (exact) mass is 440 g/mol. The molecule has 0 aromatic heterocycles. The van der Waals surface area contributed by atoms with E-state index >= 15 is 0 Å². The van der Waals surface area contributed by atoms with Crippen molar-refractivity contribution in [1.82, 2.24) is 0 Å². The molecule has 0 fully saturated rings. The van der Waals surface area contributed by atoms with E-state index in [-0.39, 0.29) is 0 Å². The average Bonchev–Trinajstić information content (AvgIpc) is 2.82. The molecule has 0 saturated heterocycles. The molecule has 0 heterocycles. The normalized spacial score (nSPS) is 11.2. The summed E-state index contributed by atoms with van der Waals surface area (Å²) in [6.07, 6.45) is 21.3. The van der Waals surface area contributed by atoms with E-state index in [2.05, 4.69) is 50.2 Å². The van der Waals surface area contributed by atoms with Gasteiger partial charge in [-0.25, -0.2) is 0 Å². The standard InChI is InChI=1S/C30H48O2/c1-3-5-7-9-11-13-15-17-24-31-28-22-23-29-27(26-28)20-19-21-30(29)32-25-18-16-14-12-10-8-6-4-2/h19-23,26H,3-18,24-25H2,1-2H3. The number of benzene rings is 2. The third-order valence-corrected chi connectivity index (χ3v) is 6.33. The lowest BCUT2D eigenvalue weighted by molar-refractivity contribution is 0.304. The first kappa shape index (κ1) is 26.6. The van der Waals surface area contributed by atoms with Crippen molar-refractivity contribution in [2.45, 2.75) is 117 Å². The fourth-order valence-electron chi connectivity index (χ4n) is 4.29. The maximum Gasteiger partial charge on any atom is 0.127 e. The molecule has 0 amide bonds. The summed E-state index contributed by atoms with van der Waals surface area (Å²) in [7, 11) is 0. The van der Waals surface area contributed by atoms with Gasteiger partial charge in [-0.2, -0.15) is 0 Å². The Morgan fingerprint density at radius 2 is 1.06 bits per heavy atom. The zero-order chi connectivity index (χ0) is 22.7. The second-order valence-electron chi connectivity index (χ2n) is 9.29. The maximum absolute atomic E-state index is 6.12. The van der Waals surface area contributed by atoms with Crippen molar-refractivity contribution in [3.05, 3.63) is 36.4 Å². The average molecular weight is 441 g/mol. The van der Waals surface area contributed by atoms with Crippen LogP contribution in [0.2, 0.25) is 0 Å². The Hall–Kier alpha value is -1.70. The number of fused-ring (bicyclic) bond motifs is 1. The Labute approximate surface area is 198 Å². The smallest absolute Gasteiger partial charge is 0.127 e. The fraction of sp³-hybridized carbons (Fsp3) is 0.667. The minimum Gasteiger partial charge on any atom is -0.494 e. The van der Waals surface area contributed by atoms with Gasteiger partial charge in [0.25, 0.3) is 0 Å². The van der Waals surface area contributed by atoms with Crippen LogP contribution in [0.5, 0.6) is 11.5 Å². The van der Waals surface area contributed by atoms with E-state index in [1.807, 2.05) is 0 Å². The Kier molecular flexibility index (Phi) is 14.8. The first-order valence-corrected chi connectivity index (χ1v) is 13.6. The van der Waals surface area contributed by atoms with Crippen molar-refractivity contribution < 1.29 is 9.47 Å². The van der Waals surface area contributed by atoms with Gasteiger partial charge in [0, 0.05) is 5.39 Å². The van der Waals surface area contributed by atoms with Crippen LogP contribution in [0.3, 0.4) is 0 Å². The van der Waals surface area contributed by atoms with Crippen molar-refractivity contribution in [2.75, 3.05) is 13.2 Å². The predicted molar refractivity (Wildman–Crippen MR) is 140 cm³/mol. The van der Waals surface area contributed by atoms with Crippen molar-refractivity contribution >= 4 is 10.8 Å². The van der Waals surface area contributed by atoms with Crippen LogP contribution in [0, 0.1) is 0 Å². The molecule has 0 aliphatic carbocycles. The molecule has 2 heteroatoms. The topological polar surface area (TPSA) is 18.5 Å². The molecule has 2 aromatic rings. The van der Waals surface area contributed by atoms with Gasteiger partial charge in [-0.1, -0.05) is 116 Å². The molecule has 0 N–H and O–H groups in total. The van der Waals surface area contributed by atoms with Gasteiger partial charge >= 0.3 is 0 Å². The number of hydrogen-bond acceptors (Lipinski definition) is 2. The largest absolute Gasteiger partial charge is 0.494 e. The molecule has 0 radical (unpaired) electrons. The second-order valence-corrected chi connectivity index (χ2v) is 9.29. The number of unbranched alkanes of at least 4 members (excludes halogenated alkanes) is 14. The van der Waals surface area contributed by atoms with Crippen LogP contribution in [0.15, 0.2) is 36.4 Å². The molecular weight excluding hydrogens is 392 g/mol. The Morgan fingerprint density at radius 1 is 0.531 bits per heavy atom. The quantitative estimate of drug-likeness (QED) is 0.191. The minimum absolute atomic E-state index is 0.810. The van der Waals surface area contributed by atoms with E-state index < -0.39 is 0 Å². The van der Waals surface area contributed by atoms with Crippen molar-refractivity contribution in [3.63, 3.8) is 0 Å². The van der Waals surface area contributed by atoms with Gasteiger partial charge < -0.3 is 9.47 Å². The molecule has 2 nitrogen and oxygen atoms in total. The molecule has 32 heavy (non-hydrogen) atoms. The fourth-order valence-corrected chi connectivity index (χ4v) is 4.29. The van der Waals surface area contributed by atoms with E-state index in [9.17, 15) is 0 Å². The Bertz CT molecular complexity index is 709. The first-order valence-electron chi connectivity index (χ1n) is 13.6. The predicted octanol–water partition coefficient (Wildman–Crippen LogP) is 9.88. The van der Waals surface area contributed by atoms with Gasteiger partial charge in [0.05, 0.1) is 13.2 Å². The summed E-state index contributed by atoms with van der Waals surface area (Å²) >= 11 is 0. The van der Waals surface area contributed by atoms with Gasteiger partial charge in [-0.15, -0.1) is 0 Å². The van der Waals surface area contributed by atoms with Crippen LogP contribution in [0.25, 0.3) is 10.8 Å². The van der Waals surface area contributed by atoms with Crippen molar-refractivity contribution in [1.29, 1.82) is 0 Å². The Morgan fingerprint density at radius 3 is 1.66 bits per heavy atom. The highest BCUT2D eigenvalue weighted by Gasteiger charge is 2.04. The van der Waals surface area contributed by atoms with Crippen LogP contribution in [0.4, 0.5) is 0 Å². The second kappa shape index (κ2) is 17.8. The highest BCUT2D eigenvalue weighted by Crippen LogP contribution is 2.29. The van der Waals surface area contributed by atoms with E-state index in [1.165, 1.54) is 101 Å². The SMILES string of the molecule is CCCCCCCCCCOc1ccc2c(OCCCCCCCCCC)cccc2c1. The molecule has 0 saturated carbocycles. The number of ether oxygens (including phenoxy) is 2. The molecule has 2 aromatic carbocycles. The van der Waals surface area contributed by atoms with Gasteiger partial charge in [-0.3, -0.25) is 0 Å². The molecule has 0 unspecified atom stereocenters. The summed E-state index contributed by atoms with van der Waals surface area (Å²) in [5, 5.41) is 2.39. The Balaban J connectivity index is 1.64. The lowest BCUT2D eigenvalue weighted by Crippen LogP contribution is -1.99. The highest BCUT2D eigenvalue weighted by molar-refractivity contribution is 5.89. The van der Waals surface area contributed by atoms with Crippen molar-refractivity contribution in [2.24, 2.45) is 0 Å². The van der Waals surface area contributed by atoms with Crippen LogP contribution >= 0.6 is 0 Å². The highest BCUT2D eigenvalue weighted by atomic mass is 16.5. The lowest BCUT2D eigenvalue weighted by Gasteiger charge is -2.11. The minimum atomic E-state index is 0.810. The van der Waals surface area contributed by atoms with E-state index in [0.717, 1.165) is 37.6 Å².